The molecule has 308 valence electrons. The molecule has 0 unspecified atom stereocenters. The van der Waals surface area contributed by atoms with E-state index in [-0.39, 0.29) is 0 Å². The second-order valence-corrected chi connectivity index (χ2v) is 17.5. The van der Waals surface area contributed by atoms with Crippen LogP contribution in [0.5, 0.6) is 5.75 Å². The van der Waals surface area contributed by atoms with E-state index in [9.17, 15) is 0 Å². The summed E-state index contributed by atoms with van der Waals surface area (Å²) < 4.78 is 11.1. The molecule has 0 fully saturated rings. The maximum absolute atomic E-state index is 6.30. The van der Waals surface area contributed by atoms with Crippen LogP contribution in [0, 0.1) is 0 Å². The highest BCUT2D eigenvalue weighted by molar-refractivity contribution is 7.26. The smallest absolute Gasteiger partial charge is 0.134 e. The van der Waals surface area contributed by atoms with E-state index < -0.39 is 0 Å². The largest absolute Gasteiger partial charge is 0.464 e. The van der Waals surface area contributed by atoms with Gasteiger partial charge < -0.3 is 19.1 Å². The standard InChI is InChI=1S/C60H41N3OS/c1-39-14-10-12-34-62(53-19-7-4-16-47(39)53)46-27-30-57-51(38-46)41(3)36-43(32-35-64-57)42-22-31-58-52(37-42)50-28-29-56-59(60(50)65-58)40(2)15-11-13-33-61(56)44-23-25-45(26-24-44)63-54-20-8-5-17-48(54)49-18-6-9-21-55(49)63/h4-38H,1-3H2/b14-10-,15-11-,33-13-,34-12-,35-32-,43-36+. The van der Waals surface area contributed by atoms with Crippen molar-refractivity contribution in [3.63, 3.8) is 0 Å². The van der Waals surface area contributed by atoms with Gasteiger partial charge in [0.1, 0.15) is 5.75 Å². The number of anilines is 4. The molecule has 0 amide bonds. The van der Waals surface area contributed by atoms with Gasteiger partial charge in [0.15, 0.2) is 0 Å². The molecule has 2 aromatic heterocycles. The molecular formula is C60H41N3OS. The van der Waals surface area contributed by atoms with Crippen molar-refractivity contribution in [1.29, 1.82) is 0 Å². The monoisotopic (exact) mass is 851 g/mol. The fourth-order valence-corrected chi connectivity index (χ4v) is 10.8. The Labute approximate surface area is 381 Å². The zero-order valence-electron chi connectivity index (χ0n) is 35.5. The summed E-state index contributed by atoms with van der Waals surface area (Å²) in [5.74, 6) is 0.756. The molecule has 0 bridgehead atoms. The van der Waals surface area contributed by atoms with Crippen LogP contribution in [0.15, 0.2) is 233 Å². The first-order valence-electron chi connectivity index (χ1n) is 21.7. The molecule has 0 radical (unpaired) electrons. The van der Waals surface area contributed by atoms with Crippen LogP contribution in [0.25, 0.3) is 70.0 Å². The topological polar surface area (TPSA) is 20.6 Å². The van der Waals surface area contributed by atoms with Crippen LogP contribution < -0.4 is 14.5 Å². The van der Waals surface area contributed by atoms with Crippen LogP contribution in [-0.2, 0) is 0 Å². The fourth-order valence-electron chi connectivity index (χ4n) is 9.53. The van der Waals surface area contributed by atoms with E-state index in [2.05, 4.69) is 210 Å². The lowest BCUT2D eigenvalue weighted by Crippen LogP contribution is -2.11. The summed E-state index contributed by atoms with van der Waals surface area (Å²) in [7, 11) is 0. The van der Waals surface area contributed by atoms with Gasteiger partial charge in [-0.15, -0.1) is 11.3 Å². The summed E-state index contributed by atoms with van der Waals surface area (Å²) in [5, 5.41) is 4.91. The number of nitrogens with zero attached hydrogens (tertiary/aromatic N) is 3. The van der Waals surface area contributed by atoms with Crippen LogP contribution in [0.2, 0.25) is 0 Å². The van der Waals surface area contributed by atoms with Crippen LogP contribution in [0.4, 0.5) is 22.7 Å². The maximum Gasteiger partial charge on any atom is 0.134 e. The molecule has 3 aliphatic rings. The summed E-state index contributed by atoms with van der Waals surface area (Å²) in [6.45, 7) is 13.5. The van der Waals surface area contributed by atoms with Crippen LogP contribution in [0.1, 0.15) is 22.3 Å². The minimum Gasteiger partial charge on any atom is -0.464 e. The minimum atomic E-state index is 0.756. The average molecular weight is 852 g/mol. The lowest BCUT2D eigenvalue weighted by atomic mass is 9.95. The van der Waals surface area contributed by atoms with E-state index in [0.29, 0.717) is 0 Å². The third-order valence-electron chi connectivity index (χ3n) is 12.7. The Hall–Kier alpha value is -8.38. The number of aromatic nitrogens is 1. The predicted octanol–water partition coefficient (Wildman–Crippen LogP) is 16.6. The summed E-state index contributed by atoms with van der Waals surface area (Å²) in [5.41, 5.74) is 15.8. The Bertz CT molecular complexity index is 3640. The van der Waals surface area contributed by atoms with Gasteiger partial charge in [-0.3, -0.25) is 0 Å². The first-order chi connectivity index (χ1) is 32.0. The second-order valence-electron chi connectivity index (χ2n) is 16.5. The van der Waals surface area contributed by atoms with E-state index in [1.807, 2.05) is 41.7 Å². The molecule has 4 nitrogen and oxygen atoms in total. The molecule has 9 aromatic rings. The molecule has 0 saturated carbocycles. The molecule has 5 heterocycles. The molecule has 0 saturated heterocycles. The Morgan fingerprint density at radius 3 is 1.94 bits per heavy atom. The Morgan fingerprint density at radius 2 is 1.15 bits per heavy atom. The van der Waals surface area contributed by atoms with Gasteiger partial charge in [-0.05, 0) is 131 Å². The Morgan fingerprint density at radius 1 is 0.477 bits per heavy atom. The normalized spacial score (nSPS) is 18.0. The van der Waals surface area contributed by atoms with Gasteiger partial charge in [-0.25, -0.2) is 0 Å². The van der Waals surface area contributed by atoms with E-state index in [0.717, 1.165) is 78.7 Å². The van der Waals surface area contributed by atoms with Crippen molar-refractivity contribution >= 4 is 98.4 Å². The van der Waals surface area contributed by atoms with Crippen molar-refractivity contribution in [3.8, 4) is 11.4 Å². The van der Waals surface area contributed by atoms with E-state index in [1.165, 1.54) is 42.0 Å². The lowest BCUT2D eigenvalue weighted by Gasteiger charge is -2.26. The molecular weight excluding hydrogens is 811 g/mol. The molecule has 65 heavy (non-hydrogen) atoms. The van der Waals surface area contributed by atoms with Crippen molar-refractivity contribution in [2.75, 3.05) is 9.80 Å². The van der Waals surface area contributed by atoms with Crippen LogP contribution in [-0.4, -0.2) is 4.57 Å². The molecule has 0 aliphatic carbocycles. The number of allylic oxidation sites excluding steroid dienone is 12. The predicted molar refractivity (Wildman–Crippen MR) is 279 cm³/mol. The number of rotatable bonds is 4. The number of fused-ring (bicyclic) bond motifs is 10. The first kappa shape index (κ1) is 38.3. The number of benzene rings is 7. The van der Waals surface area contributed by atoms with Gasteiger partial charge >= 0.3 is 0 Å². The fraction of sp³-hybridized carbons (Fsp3) is 0. The summed E-state index contributed by atoms with van der Waals surface area (Å²) in [6.07, 6.45) is 22.6. The SMILES string of the molecule is C=C1/C=C(c2ccc3sc4c5c(ccc4c3c2)N(c2ccc(-n3c4ccccc4c4ccccc43)cc2)/C=C\C=C/C5=C)\C=C/Oc2ccc(N3/C=C\C=C/C(=C)c4ccccc43)cc21. The molecule has 0 N–H and O–H groups in total. The molecule has 3 aliphatic heterocycles. The zero-order valence-corrected chi connectivity index (χ0v) is 36.3. The summed E-state index contributed by atoms with van der Waals surface area (Å²) in [6, 6.07) is 52.1. The van der Waals surface area contributed by atoms with Crippen molar-refractivity contribution < 1.29 is 4.74 Å². The van der Waals surface area contributed by atoms with Crippen molar-refractivity contribution in [2.24, 2.45) is 0 Å². The lowest BCUT2D eigenvalue weighted by molar-refractivity contribution is 0.480. The van der Waals surface area contributed by atoms with Gasteiger partial charge in [-0.1, -0.05) is 111 Å². The highest BCUT2D eigenvalue weighted by Crippen LogP contribution is 2.46. The summed E-state index contributed by atoms with van der Waals surface area (Å²) in [4.78, 5) is 4.48. The highest BCUT2D eigenvalue weighted by Gasteiger charge is 2.22. The number of ether oxygens (including phenoxy) is 1. The number of para-hydroxylation sites is 3. The van der Waals surface area contributed by atoms with Gasteiger partial charge in [0.25, 0.3) is 0 Å². The third-order valence-corrected chi connectivity index (χ3v) is 13.9. The third kappa shape index (κ3) is 6.44. The first-order valence-corrected chi connectivity index (χ1v) is 22.5. The number of thiophene rings is 1. The average Bonchev–Trinajstić information content (AvgIpc) is 3.87. The van der Waals surface area contributed by atoms with Gasteiger partial charge in [0, 0.05) is 77.1 Å². The number of hydrogen-bond acceptors (Lipinski definition) is 4. The van der Waals surface area contributed by atoms with Crippen LogP contribution >= 0.6 is 11.3 Å². The zero-order chi connectivity index (χ0) is 43.6. The summed E-state index contributed by atoms with van der Waals surface area (Å²) >= 11 is 1.82. The van der Waals surface area contributed by atoms with Crippen molar-refractivity contribution in [3.05, 3.63) is 255 Å². The Kier molecular flexibility index (Phi) is 9.11. The molecule has 7 aromatic carbocycles. The maximum atomic E-state index is 6.30. The quantitative estimate of drug-likeness (QED) is 0.176. The number of hydrogen-bond donors (Lipinski definition) is 0. The van der Waals surface area contributed by atoms with Crippen molar-refractivity contribution in [1.82, 2.24) is 4.57 Å². The van der Waals surface area contributed by atoms with E-state index >= 15 is 0 Å². The second kappa shape index (κ2) is 15.5. The minimum absolute atomic E-state index is 0.756. The van der Waals surface area contributed by atoms with Crippen LogP contribution in [0.3, 0.4) is 0 Å². The van der Waals surface area contributed by atoms with E-state index in [4.69, 9.17) is 4.74 Å². The molecule has 0 atom stereocenters. The van der Waals surface area contributed by atoms with E-state index in [1.54, 1.807) is 6.26 Å². The molecule has 0 spiro atoms. The van der Waals surface area contributed by atoms with Crippen molar-refractivity contribution in [2.45, 2.75) is 0 Å². The molecule has 5 heteroatoms. The molecule has 12 rings (SSSR count). The van der Waals surface area contributed by atoms with Gasteiger partial charge in [0.05, 0.1) is 28.7 Å². The van der Waals surface area contributed by atoms with Gasteiger partial charge in [-0.2, -0.15) is 0 Å². The Balaban J connectivity index is 0.900. The van der Waals surface area contributed by atoms with Gasteiger partial charge in [0.2, 0.25) is 0 Å². The highest BCUT2D eigenvalue weighted by atomic mass is 32.1.